The third-order valence-corrected chi connectivity index (χ3v) is 2.43. The van der Waals surface area contributed by atoms with E-state index in [0.717, 1.165) is 6.42 Å². The van der Waals surface area contributed by atoms with Crippen LogP contribution >= 0.6 is 0 Å². The van der Waals surface area contributed by atoms with Crippen LogP contribution in [-0.2, 0) is 0 Å². The molecule has 0 spiro atoms. The molecule has 0 atom stereocenters. The van der Waals surface area contributed by atoms with E-state index in [4.69, 9.17) is 0 Å². The van der Waals surface area contributed by atoms with Gasteiger partial charge < -0.3 is 0 Å². The van der Waals surface area contributed by atoms with Gasteiger partial charge in [-0.1, -0.05) is 51.0 Å². The maximum atomic E-state index is 3.84. The van der Waals surface area contributed by atoms with Crippen LogP contribution in [0.1, 0.15) is 64.7 Å². The van der Waals surface area contributed by atoms with Crippen LogP contribution in [0.4, 0.5) is 0 Å². The van der Waals surface area contributed by atoms with Gasteiger partial charge in [0.25, 0.3) is 0 Å². The lowest BCUT2D eigenvalue weighted by Crippen LogP contribution is -1.74. The minimum Gasteiger partial charge on any atom is -0.0888 e. The zero-order valence-electron chi connectivity index (χ0n) is 10.4. The van der Waals surface area contributed by atoms with E-state index in [1.54, 1.807) is 0 Å². The van der Waals surface area contributed by atoms with E-state index in [1.807, 2.05) is 0 Å². The Morgan fingerprint density at radius 1 is 0.733 bits per heavy atom. The molecule has 0 N–H and O–H groups in total. The molecule has 0 saturated carbocycles. The van der Waals surface area contributed by atoms with Gasteiger partial charge in [0.1, 0.15) is 0 Å². The molecule has 0 aliphatic rings. The Balaban J connectivity index is 3.06. The van der Waals surface area contributed by atoms with Gasteiger partial charge in [-0.25, -0.2) is 0 Å². The molecule has 1 radical (unpaired) electrons. The summed E-state index contributed by atoms with van der Waals surface area (Å²) >= 11 is 0. The average Bonchev–Trinajstić information content (AvgIpc) is 2.26. The SMILES string of the molecule is [CH2]CCCCC=CCCCCC=CCC. The Bertz CT molecular complexity index is 153. The molecule has 0 bridgehead atoms. The standard InChI is InChI=1S/C15H27/c1-3-5-7-9-11-13-15-14-12-10-8-6-4-2/h6,8,11,13H,1,3-5,7,9-10,12,14-15H2,2H3. The highest BCUT2D eigenvalue weighted by atomic mass is 13.9. The van der Waals surface area contributed by atoms with Crippen LogP contribution in [0, 0.1) is 6.92 Å². The lowest BCUT2D eigenvalue weighted by molar-refractivity contribution is 0.744. The Hall–Kier alpha value is -0.520. The molecule has 87 valence electrons. The molecule has 0 aromatic rings. The van der Waals surface area contributed by atoms with Gasteiger partial charge in [-0.15, -0.1) is 0 Å². The van der Waals surface area contributed by atoms with E-state index in [-0.39, 0.29) is 0 Å². The first-order chi connectivity index (χ1) is 7.41. The summed E-state index contributed by atoms with van der Waals surface area (Å²) in [6.45, 7) is 6.02. The van der Waals surface area contributed by atoms with Crippen molar-refractivity contribution in [2.24, 2.45) is 0 Å². The molecule has 0 rings (SSSR count). The Labute approximate surface area is 96.5 Å². The third kappa shape index (κ3) is 13.5. The Kier molecular flexibility index (Phi) is 13.0. The predicted molar refractivity (Wildman–Crippen MR) is 70.9 cm³/mol. The van der Waals surface area contributed by atoms with Crippen molar-refractivity contribution in [3.63, 3.8) is 0 Å². The highest BCUT2D eigenvalue weighted by molar-refractivity contribution is 4.83. The van der Waals surface area contributed by atoms with Gasteiger partial charge >= 0.3 is 0 Å². The summed E-state index contributed by atoms with van der Waals surface area (Å²) in [5.41, 5.74) is 0. The second-order valence-electron chi connectivity index (χ2n) is 3.98. The smallest absolute Gasteiger partial charge is 0.0351 e. The number of hydrogen-bond acceptors (Lipinski definition) is 0. The molecule has 0 aliphatic heterocycles. The van der Waals surface area contributed by atoms with E-state index >= 15 is 0 Å². The van der Waals surface area contributed by atoms with Gasteiger partial charge in [-0.3, -0.25) is 0 Å². The van der Waals surface area contributed by atoms with Crippen molar-refractivity contribution >= 4 is 0 Å². The van der Waals surface area contributed by atoms with Crippen molar-refractivity contribution in [1.82, 2.24) is 0 Å². The second kappa shape index (κ2) is 13.5. The predicted octanol–water partition coefficient (Wildman–Crippen LogP) is 5.46. The number of unbranched alkanes of at least 4 members (excludes halogenated alkanes) is 6. The molecular weight excluding hydrogens is 180 g/mol. The third-order valence-electron chi connectivity index (χ3n) is 2.43. The van der Waals surface area contributed by atoms with Crippen LogP contribution < -0.4 is 0 Å². The molecule has 15 heavy (non-hydrogen) atoms. The Morgan fingerprint density at radius 2 is 1.20 bits per heavy atom. The molecule has 0 saturated heterocycles. The maximum Gasteiger partial charge on any atom is -0.0351 e. The fraction of sp³-hybridized carbons (Fsp3) is 0.667. The summed E-state index contributed by atoms with van der Waals surface area (Å²) in [5, 5.41) is 0. The largest absolute Gasteiger partial charge is 0.0888 e. The molecule has 0 fully saturated rings. The minimum atomic E-state index is 1.08. The van der Waals surface area contributed by atoms with Crippen LogP contribution in [0.5, 0.6) is 0 Å². The summed E-state index contributed by atoms with van der Waals surface area (Å²) < 4.78 is 0. The van der Waals surface area contributed by atoms with Crippen LogP contribution in [0.25, 0.3) is 0 Å². The molecule has 0 aliphatic carbocycles. The Morgan fingerprint density at radius 3 is 1.67 bits per heavy atom. The zero-order chi connectivity index (χ0) is 11.2. The maximum absolute atomic E-state index is 3.84. The molecule has 0 heteroatoms. The quantitative estimate of drug-likeness (QED) is 0.329. The minimum absolute atomic E-state index is 1.08. The van der Waals surface area contributed by atoms with Gasteiger partial charge in [0, 0.05) is 0 Å². The van der Waals surface area contributed by atoms with Crippen LogP contribution in [0.3, 0.4) is 0 Å². The van der Waals surface area contributed by atoms with E-state index < -0.39 is 0 Å². The van der Waals surface area contributed by atoms with Crippen molar-refractivity contribution in [2.45, 2.75) is 64.7 Å². The fourth-order valence-corrected chi connectivity index (χ4v) is 1.48. The van der Waals surface area contributed by atoms with Crippen molar-refractivity contribution in [2.75, 3.05) is 0 Å². The van der Waals surface area contributed by atoms with E-state index in [9.17, 15) is 0 Å². The normalized spacial score (nSPS) is 11.9. The summed E-state index contributed by atoms with van der Waals surface area (Å²) in [7, 11) is 0. The summed E-state index contributed by atoms with van der Waals surface area (Å²) in [6.07, 6.45) is 20.5. The number of allylic oxidation sites excluding steroid dienone is 4. The van der Waals surface area contributed by atoms with Gasteiger partial charge in [-0.05, 0) is 44.9 Å². The molecule has 0 amide bonds. The molecule has 0 aromatic carbocycles. The van der Waals surface area contributed by atoms with E-state index in [0.29, 0.717) is 0 Å². The van der Waals surface area contributed by atoms with Crippen LogP contribution in [0.2, 0.25) is 0 Å². The van der Waals surface area contributed by atoms with Crippen LogP contribution in [0.15, 0.2) is 24.3 Å². The average molecular weight is 207 g/mol. The van der Waals surface area contributed by atoms with Crippen LogP contribution in [-0.4, -0.2) is 0 Å². The fourth-order valence-electron chi connectivity index (χ4n) is 1.48. The molecule has 0 nitrogen and oxygen atoms in total. The van der Waals surface area contributed by atoms with Crippen molar-refractivity contribution in [3.05, 3.63) is 31.2 Å². The molecule has 0 heterocycles. The van der Waals surface area contributed by atoms with E-state index in [1.165, 1.54) is 51.4 Å². The van der Waals surface area contributed by atoms with Gasteiger partial charge in [0.2, 0.25) is 0 Å². The summed E-state index contributed by atoms with van der Waals surface area (Å²) in [4.78, 5) is 0. The van der Waals surface area contributed by atoms with Gasteiger partial charge in [0.05, 0.1) is 0 Å². The first-order valence-electron chi connectivity index (χ1n) is 6.51. The lowest BCUT2D eigenvalue weighted by atomic mass is 10.1. The molecule has 0 unspecified atom stereocenters. The first-order valence-corrected chi connectivity index (χ1v) is 6.51. The molecular formula is C15H27. The number of hydrogen-bond donors (Lipinski definition) is 0. The second-order valence-corrected chi connectivity index (χ2v) is 3.98. The van der Waals surface area contributed by atoms with Crippen molar-refractivity contribution in [3.8, 4) is 0 Å². The van der Waals surface area contributed by atoms with Crippen molar-refractivity contribution in [1.29, 1.82) is 0 Å². The lowest BCUT2D eigenvalue weighted by Gasteiger charge is -1.94. The highest BCUT2D eigenvalue weighted by Crippen LogP contribution is 2.04. The summed E-state index contributed by atoms with van der Waals surface area (Å²) in [5.74, 6) is 0. The number of rotatable bonds is 10. The topological polar surface area (TPSA) is 0 Å². The highest BCUT2D eigenvalue weighted by Gasteiger charge is 1.84. The van der Waals surface area contributed by atoms with E-state index in [2.05, 4.69) is 38.2 Å². The first kappa shape index (κ1) is 14.5. The monoisotopic (exact) mass is 207 g/mol. The van der Waals surface area contributed by atoms with Gasteiger partial charge in [-0.2, -0.15) is 0 Å². The molecule has 0 aromatic heterocycles. The van der Waals surface area contributed by atoms with Gasteiger partial charge in [0.15, 0.2) is 0 Å². The van der Waals surface area contributed by atoms with Crippen molar-refractivity contribution < 1.29 is 0 Å². The summed E-state index contributed by atoms with van der Waals surface area (Å²) in [6, 6.07) is 0. The zero-order valence-corrected chi connectivity index (χ0v) is 10.4.